The minimum Gasteiger partial charge on any atom is -0.308 e. The average Bonchev–Trinajstić information content (AvgIpc) is 2.47. The molecule has 0 aliphatic heterocycles. The van der Waals surface area contributed by atoms with Gasteiger partial charge in [0.2, 0.25) is 0 Å². The van der Waals surface area contributed by atoms with Gasteiger partial charge >= 0.3 is 6.08 Å². The molecule has 4 nitrogen and oxygen atoms in total. The predicted molar refractivity (Wildman–Crippen MR) is 54.7 cm³/mol. The first-order valence-corrected chi connectivity index (χ1v) is 4.95. The first-order valence-electron chi connectivity index (χ1n) is 3.90. The molecule has 0 spiro atoms. The number of fused-ring (bicyclic) bond motifs is 1. The van der Waals surface area contributed by atoms with Crippen molar-refractivity contribution in [3.63, 3.8) is 0 Å². The lowest BCUT2D eigenvalue weighted by atomic mass is 10.5. The van der Waals surface area contributed by atoms with E-state index in [0.29, 0.717) is 11.2 Å². The standard InChI is InChI=1S/C7H7ClFN4P/c1-3(14)13-2-10-4-5(8)11-7(9)12-6(4)13/h2-3H,14H2,1H3. The summed E-state index contributed by atoms with van der Waals surface area (Å²) < 4.78 is 14.6. The number of aromatic nitrogens is 4. The molecule has 2 rings (SSSR count). The lowest BCUT2D eigenvalue weighted by Crippen LogP contribution is -1.99. The van der Waals surface area contributed by atoms with Gasteiger partial charge in [-0.25, -0.2) is 4.98 Å². The van der Waals surface area contributed by atoms with Gasteiger partial charge in [0.1, 0.15) is 5.52 Å². The van der Waals surface area contributed by atoms with E-state index in [1.54, 1.807) is 10.9 Å². The highest BCUT2D eigenvalue weighted by Crippen LogP contribution is 2.23. The minimum atomic E-state index is -0.838. The molecule has 2 aromatic rings. The fourth-order valence-corrected chi connectivity index (χ4v) is 1.58. The van der Waals surface area contributed by atoms with Crippen molar-refractivity contribution >= 4 is 32.0 Å². The van der Waals surface area contributed by atoms with Crippen LogP contribution < -0.4 is 0 Å². The zero-order chi connectivity index (χ0) is 10.3. The Morgan fingerprint density at radius 2 is 2.29 bits per heavy atom. The third kappa shape index (κ3) is 1.47. The Morgan fingerprint density at radius 3 is 2.93 bits per heavy atom. The summed E-state index contributed by atoms with van der Waals surface area (Å²) >= 11 is 5.71. The molecule has 0 fully saturated rings. The molecule has 2 aromatic heterocycles. The molecule has 0 aliphatic rings. The molecule has 14 heavy (non-hydrogen) atoms. The number of hydrogen-bond acceptors (Lipinski definition) is 3. The van der Waals surface area contributed by atoms with Crippen LogP contribution in [-0.4, -0.2) is 19.5 Å². The number of halogens is 2. The van der Waals surface area contributed by atoms with Crippen LogP contribution in [0.1, 0.15) is 12.7 Å². The SMILES string of the molecule is CC(P)n1cnc2c(Cl)nc(F)nc21. The molecule has 0 saturated carbocycles. The van der Waals surface area contributed by atoms with Gasteiger partial charge in [0.05, 0.1) is 6.33 Å². The molecule has 0 aromatic carbocycles. The van der Waals surface area contributed by atoms with Gasteiger partial charge in [-0.3, -0.25) is 0 Å². The summed E-state index contributed by atoms with van der Waals surface area (Å²) in [6.07, 6.45) is 0.720. The lowest BCUT2D eigenvalue weighted by molar-refractivity contribution is 0.541. The largest absolute Gasteiger partial charge is 0.312 e. The summed E-state index contributed by atoms with van der Waals surface area (Å²) in [7, 11) is 2.56. The van der Waals surface area contributed by atoms with Gasteiger partial charge in [-0.1, -0.05) is 11.6 Å². The molecule has 2 heterocycles. The van der Waals surface area contributed by atoms with Crippen molar-refractivity contribution in [3.8, 4) is 0 Å². The molecule has 2 atom stereocenters. The normalized spacial score (nSPS) is 13.4. The van der Waals surface area contributed by atoms with Crippen molar-refractivity contribution in [2.45, 2.75) is 12.7 Å². The molecule has 7 heteroatoms. The van der Waals surface area contributed by atoms with Crippen LogP contribution >= 0.6 is 20.8 Å². The van der Waals surface area contributed by atoms with Crippen LogP contribution in [0.25, 0.3) is 11.2 Å². The third-order valence-corrected chi connectivity index (χ3v) is 2.38. The zero-order valence-electron chi connectivity index (χ0n) is 7.28. The number of nitrogens with zero attached hydrogens (tertiary/aromatic N) is 4. The molecule has 0 radical (unpaired) electrons. The summed E-state index contributed by atoms with van der Waals surface area (Å²) in [5, 5.41) is 0.0388. The second-order valence-corrected chi connectivity index (χ2v) is 4.17. The fraction of sp³-hybridized carbons (Fsp3) is 0.286. The van der Waals surface area contributed by atoms with Crippen molar-refractivity contribution in [2.75, 3.05) is 0 Å². The van der Waals surface area contributed by atoms with E-state index in [1.165, 1.54) is 0 Å². The highest BCUT2D eigenvalue weighted by molar-refractivity contribution is 7.16. The maximum Gasteiger partial charge on any atom is 0.312 e. The van der Waals surface area contributed by atoms with E-state index < -0.39 is 6.08 Å². The van der Waals surface area contributed by atoms with Gasteiger partial charge in [-0.2, -0.15) is 14.4 Å². The van der Waals surface area contributed by atoms with Crippen LogP contribution in [0.5, 0.6) is 0 Å². The topological polar surface area (TPSA) is 43.6 Å². The van der Waals surface area contributed by atoms with E-state index in [4.69, 9.17) is 11.6 Å². The monoisotopic (exact) mass is 232 g/mol. The lowest BCUT2D eigenvalue weighted by Gasteiger charge is -2.06. The molecule has 2 unspecified atom stereocenters. The van der Waals surface area contributed by atoms with Crippen molar-refractivity contribution < 1.29 is 4.39 Å². The van der Waals surface area contributed by atoms with E-state index in [2.05, 4.69) is 24.2 Å². The molecule has 0 amide bonds. The first-order chi connectivity index (χ1) is 6.59. The highest BCUT2D eigenvalue weighted by atomic mass is 35.5. The summed E-state index contributed by atoms with van der Waals surface area (Å²) in [6.45, 7) is 1.92. The number of rotatable bonds is 1. The van der Waals surface area contributed by atoms with E-state index in [1.807, 2.05) is 6.92 Å². The van der Waals surface area contributed by atoms with Crippen LogP contribution in [-0.2, 0) is 0 Å². The van der Waals surface area contributed by atoms with Gasteiger partial charge < -0.3 is 4.57 Å². The van der Waals surface area contributed by atoms with Crippen molar-refractivity contribution in [2.24, 2.45) is 0 Å². The molecular formula is C7H7ClFN4P. The Kier molecular flexibility index (Phi) is 2.37. The number of imidazole rings is 1. The maximum atomic E-state index is 12.9. The van der Waals surface area contributed by atoms with E-state index >= 15 is 0 Å². The molecular weight excluding hydrogens is 226 g/mol. The van der Waals surface area contributed by atoms with Crippen LogP contribution in [0, 0.1) is 6.08 Å². The summed E-state index contributed by atoms with van der Waals surface area (Å²) in [5.74, 6) is 0.0744. The first kappa shape index (κ1) is 9.74. The van der Waals surface area contributed by atoms with Crippen LogP contribution in [0.15, 0.2) is 6.33 Å². The van der Waals surface area contributed by atoms with Crippen molar-refractivity contribution in [3.05, 3.63) is 17.6 Å². The van der Waals surface area contributed by atoms with E-state index in [-0.39, 0.29) is 10.9 Å². The van der Waals surface area contributed by atoms with Gasteiger partial charge in [0.25, 0.3) is 0 Å². The Hall–Kier alpha value is -0.800. The molecule has 0 saturated heterocycles. The maximum absolute atomic E-state index is 12.9. The Labute approximate surface area is 86.7 Å². The molecule has 74 valence electrons. The summed E-state index contributed by atoms with van der Waals surface area (Å²) in [5.41, 5.74) is 0.826. The fourth-order valence-electron chi connectivity index (χ4n) is 1.16. The van der Waals surface area contributed by atoms with Crippen molar-refractivity contribution in [1.29, 1.82) is 0 Å². The van der Waals surface area contributed by atoms with Gasteiger partial charge in [0.15, 0.2) is 10.8 Å². The molecule has 0 bridgehead atoms. The second-order valence-electron chi connectivity index (χ2n) is 2.85. The average molecular weight is 233 g/mol. The van der Waals surface area contributed by atoms with Crippen LogP contribution in [0.4, 0.5) is 4.39 Å². The van der Waals surface area contributed by atoms with Crippen LogP contribution in [0.3, 0.4) is 0 Å². The Bertz CT molecular complexity index is 484. The predicted octanol–water partition coefficient (Wildman–Crippen LogP) is 2.01. The Balaban J connectivity index is 2.78. The molecule has 0 aliphatic carbocycles. The highest BCUT2D eigenvalue weighted by Gasteiger charge is 2.12. The quantitative estimate of drug-likeness (QED) is 0.429. The van der Waals surface area contributed by atoms with Crippen LogP contribution in [0.2, 0.25) is 5.15 Å². The van der Waals surface area contributed by atoms with Gasteiger partial charge in [-0.15, -0.1) is 9.24 Å². The zero-order valence-corrected chi connectivity index (χ0v) is 9.19. The number of hydrogen-bond donors (Lipinski definition) is 0. The van der Waals surface area contributed by atoms with Gasteiger partial charge in [0, 0.05) is 5.78 Å². The van der Waals surface area contributed by atoms with E-state index in [0.717, 1.165) is 0 Å². The Morgan fingerprint density at radius 1 is 1.57 bits per heavy atom. The summed E-state index contributed by atoms with van der Waals surface area (Å²) in [4.78, 5) is 11.0. The third-order valence-electron chi connectivity index (χ3n) is 1.79. The van der Waals surface area contributed by atoms with Gasteiger partial charge in [-0.05, 0) is 6.92 Å². The smallest absolute Gasteiger partial charge is 0.308 e. The second kappa shape index (κ2) is 3.41. The van der Waals surface area contributed by atoms with E-state index in [9.17, 15) is 4.39 Å². The molecule has 0 N–H and O–H groups in total. The minimum absolute atomic E-state index is 0.0388. The van der Waals surface area contributed by atoms with Crippen molar-refractivity contribution in [1.82, 2.24) is 19.5 Å². The summed E-state index contributed by atoms with van der Waals surface area (Å²) in [6, 6.07) is 0.